The molecule has 1 aliphatic rings. The Labute approximate surface area is 114 Å². The predicted octanol–water partition coefficient (Wildman–Crippen LogP) is 0.612. The van der Waals surface area contributed by atoms with Gasteiger partial charge in [0.05, 0.1) is 6.61 Å². The number of rotatable bonds is 5. The molecule has 1 rings (SSSR count). The van der Waals surface area contributed by atoms with E-state index >= 15 is 0 Å². The van der Waals surface area contributed by atoms with E-state index in [4.69, 9.17) is 10.5 Å². The largest absolute Gasteiger partial charge is 0.368 e. The Morgan fingerprint density at radius 1 is 1.32 bits per heavy atom. The first-order valence-electron chi connectivity index (χ1n) is 6.92. The van der Waals surface area contributed by atoms with Gasteiger partial charge in [0.1, 0.15) is 6.10 Å². The van der Waals surface area contributed by atoms with E-state index in [1.165, 1.54) is 19.9 Å². The minimum absolute atomic E-state index is 0.417. The number of nitrogens with one attached hydrogen (secondary N) is 2. The van der Waals surface area contributed by atoms with E-state index in [1.54, 1.807) is 6.92 Å². The summed E-state index contributed by atoms with van der Waals surface area (Å²) < 4.78 is 5.57. The number of ether oxygens (including phenoxy) is 1. The lowest BCUT2D eigenvalue weighted by molar-refractivity contribution is -0.132. The maximum atomic E-state index is 11.6. The van der Waals surface area contributed by atoms with Gasteiger partial charge in [0.25, 0.3) is 5.91 Å². The molecule has 0 spiro atoms. The normalized spacial score (nSPS) is 24.6. The first kappa shape index (κ1) is 15.9. The van der Waals surface area contributed by atoms with Gasteiger partial charge in [0, 0.05) is 7.05 Å². The molecule has 6 nitrogen and oxygen atoms in total. The van der Waals surface area contributed by atoms with Crippen LogP contribution in [0.5, 0.6) is 0 Å². The summed E-state index contributed by atoms with van der Waals surface area (Å²) in [4.78, 5) is 22.6. The maximum absolute atomic E-state index is 11.6. The van der Waals surface area contributed by atoms with E-state index in [0.717, 1.165) is 12.8 Å². The zero-order valence-corrected chi connectivity index (χ0v) is 11.8. The van der Waals surface area contributed by atoms with Gasteiger partial charge in [0.15, 0.2) is 0 Å². The number of nitrogens with two attached hydrogens (primary N) is 1. The average molecular weight is 271 g/mol. The molecule has 3 atom stereocenters. The lowest BCUT2D eigenvalue weighted by Gasteiger charge is -2.31. The zero-order chi connectivity index (χ0) is 14.3. The van der Waals surface area contributed by atoms with Crippen LogP contribution in [-0.2, 0) is 9.53 Å². The Kier molecular flexibility index (Phi) is 6.80. The Hall–Kier alpha value is -1.14. The fourth-order valence-electron chi connectivity index (χ4n) is 2.43. The highest BCUT2D eigenvalue weighted by Gasteiger charge is 2.25. The molecule has 6 heteroatoms. The molecule has 1 fully saturated rings. The van der Waals surface area contributed by atoms with Crippen LogP contribution in [0.15, 0.2) is 0 Å². The fraction of sp³-hybridized carbons (Fsp3) is 0.846. The summed E-state index contributed by atoms with van der Waals surface area (Å²) in [6.07, 6.45) is 4.04. The highest BCUT2D eigenvalue weighted by molar-refractivity contribution is 5.96. The molecule has 0 aromatic carbocycles. The number of carbonyl (C=O) groups excluding carboxylic acids is 2. The number of hydrogen-bond donors (Lipinski definition) is 3. The molecule has 0 bridgehead atoms. The second-order valence-electron chi connectivity index (χ2n) is 5.08. The van der Waals surface area contributed by atoms with E-state index in [2.05, 4.69) is 10.6 Å². The highest BCUT2D eigenvalue weighted by atomic mass is 16.5. The first-order valence-corrected chi connectivity index (χ1v) is 6.92. The van der Waals surface area contributed by atoms with Crippen LogP contribution in [-0.4, -0.2) is 38.2 Å². The van der Waals surface area contributed by atoms with Crippen LogP contribution in [0.3, 0.4) is 0 Å². The minimum Gasteiger partial charge on any atom is -0.368 e. The van der Waals surface area contributed by atoms with E-state index in [-0.39, 0.29) is 0 Å². The van der Waals surface area contributed by atoms with E-state index in [0.29, 0.717) is 25.0 Å². The molecule has 0 radical (unpaired) electrons. The summed E-state index contributed by atoms with van der Waals surface area (Å²) in [6.45, 7) is 2.86. The zero-order valence-electron chi connectivity index (χ0n) is 11.8. The van der Waals surface area contributed by atoms with Gasteiger partial charge in [0.2, 0.25) is 0 Å². The summed E-state index contributed by atoms with van der Waals surface area (Å²) in [5.74, 6) is 0.497. The summed E-state index contributed by atoms with van der Waals surface area (Å²) in [7, 11) is 1.46. The molecule has 1 saturated carbocycles. The molecule has 110 valence electrons. The van der Waals surface area contributed by atoms with Crippen molar-refractivity contribution >= 4 is 11.9 Å². The van der Waals surface area contributed by atoms with Gasteiger partial charge >= 0.3 is 6.03 Å². The van der Waals surface area contributed by atoms with Crippen molar-refractivity contribution in [2.45, 2.75) is 38.7 Å². The van der Waals surface area contributed by atoms with Gasteiger partial charge in [-0.25, -0.2) is 4.79 Å². The molecule has 3 amide bonds. The quantitative estimate of drug-likeness (QED) is 0.683. The third-order valence-electron chi connectivity index (χ3n) is 3.76. The lowest BCUT2D eigenvalue weighted by Crippen LogP contribution is -2.43. The van der Waals surface area contributed by atoms with E-state index in [9.17, 15) is 9.59 Å². The number of urea groups is 1. The highest BCUT2D eigenvalue weighted by Crippen LogP contribution is 2.29. The van der Waals surface area contributed by atoms with Crippen LogP contribution in [0.25, 0.3) is 0 Å². The molecule has 1 aliphatic carbocycles. The van der Waals surface area contributed by atoms with Crippen LogP contribution < -0.4 is 16.4 Å². The van der Waals surface area contributed by atoms with Crippen molar-refractivity contribution in [3.8, 4) is 0 Å². The van der Waals surface area contributed by atoms with Gasteiger partial charge < -0.3 is 15.8 Å². The Balaban J connectivity index is 2.33. The Bertz CT molecular complexity index is 310. The van der Waals surface area contributed by atoms with Gasteiger partial charge in [-0.1, -0.05) is 12.8 Å². The molecule has 3 unspecified atom stereocenters. The van der Waals surface area contributed by atoms with Crippen molar-refractivity contribution in [1.82, 2.24) is 10.6 Å². The molecule has 4 N–H and O–H groups in total. The second-order valence-corrected chi connectivity index (χ2v) is 5.08. The van der Waals surface area contributed by atoms with Gasteiger partial charge in [-0.2, -0.15) is 0 Å². The van der Waals surface area contributed by atoms with Crippen LogP contribution in [0.2, 0.25) is 0 Å². The number of imide groups is 1. The molecule has 0 aromatic rings. The van der Waals surface area contributed by atoms with Gasteiger partial charge in [-0.15, -0.1) is 0 Å². The van der Waals surface area contributed by atoms with Crippen molar-refractivity contribution < 1.29 is 14.3 Å². The van der Waals surface area contributed by atoms with Crippen LogP contribution >= 0.6 is 0 Å². The Morgan fingerprint density at radius 3 is 2.53 bits per heavy atom. The fourth-order valence-corrected chi connectivity index (χ4v) is 2.43. The number of hydrogen-bond acceptors (Lipinski definition) is 4. The number of carbonyl (C=O) groups is 2. The molecule has 0 aromatic heterocycles. The topological polar surface area (TPSA) is 93.5 Å². The van der Waals surface area contributed by atoms with E-state index in [1.807, 2.05) is 0 Å². The molecule has 0 aliphatic heterocycles. The van der Waals surface area contributed by atoms with E-state index < -0.39 is 18.0 Å². The number of amides is 3. The van der Waals surface area contributed by atoms with Gasteiger partial charge in [-0.05, 0) is 38.1 Å². The Morgan fingerprint density at radius 2 is 1.95 bits per heavy atom. The lowest BCUT2D eigenvalue weighted by atomic mass is 9.80. The van der Waals surface area contributed by atoms with Gasteiger partial charge in [-0.3, -0.25) is 10.1 Å². The average Bonchev–Trinajstić information content (AvgIpc) is 2.44. The monoisotopic (exact) mass is 271 g/mol. The maximum Gasteiger partial charge on any atom is 0.321 e. The molecule has 0 heterocycles. The van der Waals surface area contributed by atoms with Crippen LogP contribution in [0.1, 0.15) is 32.6 Å². The smallest absolute Gasteiger partial charge is 0.321 e. The molecular formula is C13H25N3O3. The molecule has 0 saturated heterocycles. The standard InChI is InChI=1S/C13H25N3O3/c1-9(12(17)16-13(18)15-2)19-8-11-6-4-3-5-10(11)7-14/h9-11H,3-8,14H2,1-2H3,(H2,15,16,17,18). The summed E-state index contributed by atoms with van der Waals surface area (Å²) in [5.41, 5.74) is 5.76. The van der Waals surface area contributed by atoms with Crippen molar-refractivity contribution in [3.05, 3.63) is 0 Å². The summed E-state index contributed by atoms with van der Waals surface area (Å²) in [6, 6.07) is -0.516. The minimum atomic E-state index is -0.627. The summed E-state index contributed by atoms with van der Waals surface area (Å²) >= 11 is 0. The summed E-state index contributed by atoms with van der Waals surface area (Å²) in [5, 5.41) is 4.53. The van der Waals surface area contributed by atoms with Crippen molar-refractivity contribution in [2.24, 2.45) is 17.6 Å². The molecule has 19 heavy (non-hydrogen) atoms. The van der Waals surface area contributed by atoms with Crippen molar-refractivity contribution in [3.63, 3.8) is 0 Å². The van der Waals surface area contributed by atoms with Crippen LogP contribution in [0.4, 0.5) is 4.79 Å². The van der Waals surface area contributed by atoms with Crippen LogP contribution in [0, 0.1) is 11.8 Å². The van der Waals surface area contributed by atoms with Crippen molar-refractivity contribution in [2.75, 3.05) is 20.2 Å². The predicted molar refractivity (Wildman–Crippen MR) is 72.5 cm³/mol. The SMILES string of the molecule is CNC(=O)NC(=O)C(C)OCC1CCCCC1CN. The third kappa shape index (κ3) is 5.16. The first-order chi connectivity index (χ1) is 9.08. The third-order valence-corrected chi connectivity index (χ3v) is 3.76. The van der Waals surface area contributed by atoms with Crippen molar-refractivity contribution in [1.29, 1.82) is 0 Å². The molecular weight excluding hydrogens is 246 g/mol. The second kappa shape index (κ2) is 8.12.